The van der Waals surface area contributed by atoms with Gasteiger partial charge in [0, 0.05) is 70.8 Å². The Kier molecular flexibility index (Phi) is 6.26. The van der Waals surface area contributed by atoms with E-state index in [1.807, 2.05) is 23.5 Å². The molecular weight excluding hydrogens is 813 g/mol. The van der Waals surface area contributed by atoms with Gasteiger partial charge in [-0.2, -0.15) is 0 Å². The van der Waals surface area contributed by atoms with E-state index >= 15 is 0 Å². The number of hydrogen-bond acceptors (Lipinski definition) is 8. The van der Waals surface area contributed by atoms with Crippen molar-refractivity contribution in [2.45, 2.75) is 61.3 Å². The lowest BCUT2D eigenvalue weighted by Crippen LogP contribution is -2.72. The number of aromatic nitrogens is 4. The minimum atomic E-state index is -0.854. The second-order valence-electron chi connectivity index (χ2n) is 16.4. The van der Waals surface area contributed by atoms with Crippen LogP contribution in [0.4, 0.5) is 0 Å². The second-order valence-corrected chi connectivity index (χ2v) is 22.4. The van der Waals surface area contributed by atoms with E-state index in [9.17, 15) is 0 Å². The van der Waals surface area contributed by atoms with E-state index in [4.69, 9.17) is 17.7 Å². The van der Waals surface area contributed by atoms with Crippen LogP contribution in [0.25, 0.3) is 90.2 Å². The van der Waals surface area contributed by atoms with E-state index in [-0.39, 0.29) is 9.74 Å². The number of hydrogen-bond donors (Lipinski definition) is 0. The molecule has 8 nitrogen and oxygen atoms in total. The third-order valence-corrected chi connectivity index (χ3v) is 17.4. The monoisotopic (exact) mass is 844 g/mol. The minimum absolute atomic E-state index is 0.292. The Bertz CT molecular complexity index is 3320. The molecule has 284 valence electrons. The van der Waals surface area contributed by atoms with Crippen molar-refractivity contribution in [2.24, 2.45) is 0 Å². The Morgan fingerprint density at radius 3 is 0.966 bits per heavy atom. The highest BCUT2D eigenvalue weighted by molar-refractivity contribution is 8.16. The van der Waals surface area contributed by atoms with Gasteiger partial charge in [0.1, 0.15) is 22.3 Å². The average molecular weight is 845 g/mol. The molecule has 0 bridgehead atoms. The van der Waals surface area contributed by atoms with Crippen molar-refractivity contribution in [3.8, 4) is 45.8 Å². The van der Waals surface area contributed by atoms with Crippen LogP contribution in [-0.4, -0.2) is 0 Å². The second kappa shape index (κ2) is 11.0. The van der Waals surface area contributed by atoms with E-state index in [2.05, 4.69) is 167 Å². The van der Waals surface area contributed by atoms with Crippen LogP contribution in [0.2, 0.25) is 0 Å². The molecule has 0 saturated carbocycles. The molecule has 10 aromatic rings. The van der Waals surface area contributed by atoms with Gasteiger partial charge in [-0.1, -0.05) is 57.7 Å². The number of fused-ring (bicyclic) bond motifs is 22. The van der Waals surface area contributed by atoms with Crippen molar-refractivity contribution in [2.75, 3.05) is 0 Å². The molecule has 6 aromatic carbocycles. The maximum Gasteiger partial charge on any atom is 0.477 e. The van der Waals surface area contributed by atoms with Gasteiger partial charge in [0.15, 0.2) is 0 Å². The van der Waals surface area contributed by atoms with Crippen molar-refractivity contribution in [3.05, 3.63) is 121 Å². The minimum Gasteiger partial charge on any atom is -0.397 e. The molecule has 14 rings (SSSR count). The van der Waals surface area contributed by atoms with E-state index in [1.54, 1.807) is 23.5 Å². The molecule has 0 atom stereocenters. The van der Waals surface area contributed by atoms with Crippen LogP contribution in [0.3, 0.4) is 0 Å². The molecule has 12 heteroatoms. The Balaban J connectivity index is 1.09. The van der Waals surface area contributed by atoms with Gasteiger partial charge in [0.2, 0.25) is 32.1 Å². The number of oxazole rings is 4. The van der Waals surface area contributed by atoms with Crippen molar-refractivity contribution in [1.29, 1.82) is 0 Å². The zero-order chi connectivity index (χ0) is 39.2. The first-order valence-electron chi connectivity index (χ1n) is 19.6. The predicted octanol–water partition coefficient (Wildman–Crippen LogP) is 11.4. The summed E-state index contributed by atoms with van der Waals surface area (Å²) in [6.07, 6.45) is 0. The summed E-state index contributed by atoms with van der Waals surface area (Å²) in [5.74, 6) is 3.26. The number of nitrogens with zero attached hydrogens (tertiary/aromatic N) is 4. The number of rotatable bonds is 0. The summed E-state index contributed by atoms with van der Waals surface area (Å²) in [6.45, 7) is 9.01. The normalized spacial score (nSPS) is 17.3. The van der Waals surface area contributed by atoms with Crippen LogP contribution < -0.4 is 18.3 Å². The molecule has 0 fully saturated rings. The van der Waals surface area contributed by atoms with Crippen LogP contribution in [0.5, 0.6) is 0 Å². The van der Waals surface area contributed by atoms with E-state index in [0.29, 0.717) is 0 Å². The van der Waals surface area contributed by atoms with E-state index in [1.165, 1.54) is 9.79 Å². The average Bonchev–Trinajstić information content (AvgIpc) is 4.00. The van der Waals surface area contributed by atoms with Crippen LogP contribution in [-0.2, 0) is 14.1 Å². The van der Waals surface area contributed by atoms with Gasteiger partial charge in [-0.3, -0.25) is 0 Å². The molecular formula is C47H32N4O4S4+4. The zero-order valence-electron chi connectivity index (χ0n) is 32.1. The molecule has 0 radical (unpaired) electrons. The summed E-state index contributed by atoms with van der Waals surface area (Å²) in [6, 6.07) is 42.8. The van der Waals surface area contributed by atoms with Crippen LogP contribution in [0.1, 0.15) is 27.7 Å². The summed E-state index contributed by atoms with van der Waals surface area (Å²) in [7, 11) is 0. The van der Waals surface area contributed by atoms with Gasteiger partial charge < -0.3 is 17.7 Å². The predicted molar refractivity (Wildman–Crippen MR) is 230 cm³/mol. The first-order valence-corrected chi connectivity index (χ1v) is 22.8. The smallest absolute Gasteiger partial charge is 0.397 e. The van der Waals surface area contributed by atoms with Crippen molar-refractivity contribution in [3.63, 3.8) is 0 Å². The fourth-order valence-electron chi connectivity index (χ4n) is 9.62. The lowest BCUT2D eigenvalue weighted by atomic mass is 10.2. The number of thioether (sulfide) groups is 4. The van der Waals surface area contributed by atoms with Gasteiger partial charge in [-0.25, -0.2) is 0 Å². The fraction of sp³-hybridized carbons (Fsp3) is 0.149. The Morgan fingerprint density at radius 1 is 0.356 bits per heavy atom. The fourth-order valence-corrected chi connectivity index (χ4v) is 15.3. The van der Waals surface area contributed by atoms with Crippen LogP contribution in [0.15, 0.2) is 159 Å². The first kappa shape index (κ1) is 33.4. The zero-order valence-corrected chi connectivity index (χ0v) is 35.4. The third kappa shape index (κ3) is 4.22. The van der Waals surface area contributed by atoms with Crippen molar-refractivity contribution in [1.82, 2.24) is 0 Å². The summed E-state index contributed by atoms with van der Waals surface area (Å²) in [5, 5.41) is 0. The summed E-state index contributed by atoms with van der Waals surface area (Å²) in [4.78, 5) is 4.08. The van der Waals surface area contributed by atoms with Gasteiger partial charge in [0.05, 0.1) is 24.3 Å². The molecule has 0 saturated heterocycles. The Hall–Kier alpha value is -5.40. The molecule has 0 unspecified atom stereocenters. The molecule has 0 amide bonds. The molecule has 1 spiro atoms. The Labute approximate surface area is 353 Å². The van der Waals surface area contributed by atoms with E-state index < -0.39 is 4.33 Å². The third-order valence-electron chi connectivity index (χ3n) is 12.0. The highest BCUT2D eigenvalue weighted by Crippen LogP contribution is 2.57. The summed E-state index contributed by atoms with van der Waals surface area (Å²) >= 11 is 7.31. The Morgan fingerprint density at radius 2 is 0.627 bits per heavy atom. The van der Waals surface area contributed by atoms with Gasteiger partial charge in [-0.15, -0.1) is 9.13 Å². The topological polar surface area (TPSA) is 68.1 Å². The van der Waals surface area contributed by atoms with Gasteiger partial charge in [0.25, 0.3) is 22.1 Å². The van der Waals surface area contributed by atoms with Gasteiger partial charge in [-0.05, 0) is 72.1 Å². The highest BCUT2D eigenvalue weighted by Gasteiger charge is 2.66. The molecule has 4 aliphatic rings. The van der Waals surface area contributed by atoms with Crippen LogP contribution in [0, 0.1) is 0 Å². The SMILES string of the molecule is CC1(C)Sc2ccccc2-c2oc3cc4c(cc3[n+]21)oc1[n+]4C2(Sc3ccccc3-1)Sc1ccccc1-c1oc3cc4c(cc3[n+]12)oc1[n+]4C(C)(C)Sc2ccccc2-1. The molecule has 0 N–H and O–H groups in total. The molecule has 4 aromatic heterocycles. The molecule has 4 aliphatic heterocycles. The van der Waals surface area contributed by atoms with Gasteiger partial charge >= 0.3 is 27.9 Å². The quantitative estimate of drug-likeness (QED) is 0.140. The van der Waals surface area contributed by atoms with E-state index in [0.717, 1.165) is 100 Å². The lowest BCUT2D eigenvalue weighted by Gasteiger charge is -2.27. The number of benzene rings is 6. The maximum absolute atomic E-state index is 7.13. The largest absolute Gasteiger partial charge is 0.477 e. The molecule has 0 aliphatic carbocycles. The van der Waals surface area contributed by atoms with Crippen molar-refractivity contribution < 1.29 is 35.9 Å². The first-order chi connectivity index (χ1) is 28.7. The lowest BCUT2D eigenvalue weighted by molar-refractivity contribution is -0.907. The molecule has 8 heterocycles. The van der Waals surface area contributed by atoms with Crippen LogP contribution >= 0.6 is 47.0 Å². The summed E-state index contributed by atoms with van der Waals surface area (Å²) < 4.78 is 36.6. The maximum atomic E-state index is 7.13. The molecule has 59 heavy (non-hydrogen) atoms. The van der Waals surface area contributed by atoms with Crippen molar-refractivity contribution >= 4 is 91.4 Å². The summed E-state index contributed by atoms with van der Waals surface area (Å²) in [5.41, 5.74) is 11.3. The highest BCUT2D eigenvalue weighted by atomic mass is 32.2. The standard InChI is InChI=1S/C47H32N4O4S4/c1-45(2)48-29-21-35-31(23-33(29)52-41(48)25-13-5-9-17-37(25)56-45)50-43(54-35)27-15-7-11-19-39(27)58-47(50)51-32-24-34-30(22-36(32)55-44(51)28-16-8-12-20-40(28)59-47)49-42(53-34)26-14-6-10-18-38(26)57-46(49,3)4/h5-24H,1-4H3/q+4.